The zero-order valence-electron chi connectivity index (χ0n) is 14.9. The summed E-state index contributed by atoms with van der Waals surface area (Å²) in [6, 6.07) is 12.0. The minimum absolute atomic E-state index is 0.0494. The number of benzene rings is 2. The number of ether oxygens (including phenoxy) is 1. The highest BCUT2D eigenvalue weighted by atomic mass is 19.1. The Labute approximate surface area is 155 Å². The number of hydrogen-bond acceptors (Lipinski definition) is 4. The van der Waals surface area contributed by atoms with Crippen LogP contribution >= 0.6 is 0 Å². The van der Waals surface area contributed by atoms with Crippen molar-refractivity contribution in [3.05, 3.63) is 59.9 Å². The van der Waals surface area contributed by atoms with Crippen molar-refractivity contribution in [3.63, 3.8) is 0 Å². The third kappa shape index (κ3) is 6.77. The molecule has 0 aliphatic rings. The molecule has 0 aliphatic heterocycles. The van der Waals surface area contributed by atoms with Crippen LogP contribution < -0.4 is 20.9 Å². The van der Waals surface area contributed by atoms with Crippen molar-refractivity contribution in [2.45, 2.75) is 26.4 Å². The molecule has 0 saturated heterocycles. The molecule has 27 heavy (non-hydrogen) atoms. The monoisotopic (exact) mass is 373 g/mol. The summed E-state index contributed by atoms with van der Waals surface area (Å²) in [6.45, 7) is 2.91. The van der Waals surface area contributed by atoms with Gasteiger partial charge in [0, 0.05) is 12.6 Å². The van der Waals surface area contributed by atoms with Crippen molar-refractivity contribution >= 4 is 23.4 Å². The molecule has 0 fully saturated rings. The van der Waals surface area contributed by atoms with E-state index in [1.165, 1.54) is 38.1 Å². The number of halogens is 1. The first-order valence-electron chi connectivity index (χ1n) is 8.21. The average Bonchev–Trinajstić information content (AvgIpc) is 2.62. The van der Waals surface area contributed by atoms with E-state index >= 15 is 0 Å². The van der Waals surface area contributed by atoms with E-state index < -0.39 is 23.7 Å². The third-order valence-corrected chi connectivity index (χ3v) is 3.46. The van der Waals surface area contributed by atoms with Gasteiger partial charge in [0.25, 0.3) is 5.91 Å². The van der Waals surface area contributed by atoms with Gasteiger partial charge < -0.3 is 10.1 Å². The number of hydrogen-bond donors (Lipinski definition) is 3. The van der Waals surface area contributed by atoms with E-state index in [0.717, 1.165) is 0 Å². The fourth-order valence-electron chi connectivity index (χ4n) is 2.14. The Hall–Kier alpha value is -3.42. The van der Waals surface area contributed by atoms with E-state index in [0.29, 0.717) is 17.0 Å². The topological polar surface area (TPSA) is 96.5 Å². The van der Waals surface area contributed by atoms with Crippen LogP contribution in [0.5, 0.6) is 5.75 Å². The molecule has 2 rings (SSSR count). The van der Waals surface area contributed by atoms with Gasteiger partial charge in [-0.1, -0.05) is 12.1 Å². The van der Waals surface area contributed by atoms with Crippen molar-refractivity contribution in [2.75, 3.05) is 5.32 Å². The van der Waals surface area contributed by atoms with Gasteiger partial charge in [-0.2, -0.15) is 0 Å². The van der Waals surface area contributed by atoms with Gasteiger partial charge in [0.1, 0.15) is 11.6 Å². The zero-order valence-corrected chi connectivity index (χ0v) is 14.9. The second-order valence-corrected chi connectivity index (χ2v) is 5.81. The molecule has 1 atom stereocenters. The summed E-state index contributed by atoms with van der Waals surface area (Å²) in [4.78, 5) is 34.8. The average molecular weight is 373 g/mol. The maximum absolute atomic E-state index is 12.8. The fraction of sp³-hybridized carbons (Fsp3) is 0.211. The normalized spacial score (nSPS) is 11.2. The first kappa shape index (κ1) is 19.9. The number of carbonyl (C=O) groups excluding carboxylic acids is 3. The number of rotatable bonds is 6. The molecular weight excluding hydrogens is 353 g/mol. The number of anilines is 1. The maximum Gasteiger partial charge on any atom is 0.279 e. The summed E-state index contributed by atoms with van der Waals surface area (Å²) >= 11 is 0. The summed E-state index contributed by atoms with van der Waals surface area (Å²) < 4.78 is 18.2. The lowest BCUT2D eigenvalue weighted by Gasteiger charge is -2.15. The molecule has 0 saturated carbocycles. The minimum atomic E-state index is -0.882. The maximum atomic E-state index is 12.8. The molecule has 2 aromatic rings. The first-order valence-corrected chi connectivity index (χ1v) is 8.21. The lowest BCUT2D eigenvalue weighted by molar-refractivity contribution is -0.132. The third-order valence-electron chi connectivity index (χ3n) is 3.46. The van der Waals surface area contributed by atoms with Gasteiger partial charge in [-0.15, -0.1) is 0 Å². The number of carbonyl (C=O) groups is 3. The van der Waals surface area contributed by atoms with E-state index in [2.05, 4.69) is 16.2 Å². The van der Waals surface area contributed by atoms with E-state index in [9.17, 15) is 18.8 Å². The SMILES string of the molecule is CC(=O)Nc1ccc(CC(=O)NNC(=O)[C@H](C)Oc2ccc(F)cc2)cc1. The molecule has 0 spiro atoms. The zero-order chi connectivity index (χ0) is 19.8. The Morgan fingerprint density at radius 3 is 2.22 bits per heavy atom. The van der Waals surface area contributed by atoms with E-state index in [1.807, 2.05) is 0 Å². The minimum Gasteiger partial charge on any atom is -0.481 e. The lowest BCUT2D eigenvalue weighted by Crippen LogP contribution is -2.47. The lowest BCUT2D eigenvalue weighted by atomic mass is 10.1. The highest BCUT2D eigenvalue weighted by molar-refractivity contribution is 5.89. The summed E-state index contributed by atoms with van der Waals surface area (Å²) in [5.74, 6) is -1.21. The second kappa shape index (κ2) is 9.33. The van der Waals surface area contributed by atoms with Gasteiger partial charge in [0.2, 0.25) is 11.8 Å². The van der Waals surface area contributed by atoms with Crippen LogP contribution in [0.2, 0.25) is 0 Å². The molecular formula is C19H20FN3O4. The Kier molecular flexibility index (Phi) is 6.87. The van der Waals surface area contributed by atoms with Crippen LogP contribution in [0.15, 0.2) is 48.5 Å². The summed E-state index contributed by atoms with van der Waals surface area (Å²) in [6.07, 6.45) is -0.832. The molecule has 3 amide bonds. The summed E-state index contributed by atoms with van der Waals surface area (Å²) in [5.41, 5.74) is 5.93. The van der Waals surface area contributed by atoms with E-state index in [1.54, 1.807) is 24.3 Å². The molecule has 0 unspecified atom stereocenters. The van der Waals surface area contributed by atoms with Gasteiger partial charge in [-0.25, -0.2) is 4.39 Å². The van der Waals surface area contributed by atoms with Gasteiger partial charge in [0.15, 0.2) is 6.10 Å². The van der Waals surface area contributed by atoms with Crippen LogP contribution in [0.3, 0.4) is 0 Å². The molecule has 2 aromatic carbocycles. The molecule has 8 heteroatoms. The van der Waals surface area contributed by atoms with Crippen LogP contribution in [0.25, 0.3) is 0 Å². The molecule has 0 bridgehead atoms. The predicted octanol–water partition coefficient (Wildman–Crippen LogP) is 1.94. The molecule has 7 nitrogen and oxygen atoms in total. The number of hydrazine groups is 1. The summed E-state index contributed by atoms with van der Waals surface area (Å²) in [5, 5.41) is 2.63. The van der Waals surface area contributed by atoms with E-state index in [-0.39, 0.29) is 12.3 Å². The van der Waals surface area contributed by atoms with Crippen molar-refractivity contribution in [2.24, 2.45) is 0 Å². The fourth-order valence-corrected chi connectivity index (χ4v) is 2.14. The number of amides is 3. The Morgan fingerprint density at radius 1 is 1.00 bits per heavy atom. The predicted molar refractivity (Wildman–Crippen MR) is 97.2 cm³/mol. The molecule has 0 aliphatic carbocycles. The molecule has 0 radical (unpaired) electrons. The van der Waals surface area contributed by atoms with Crippen molar-refractivity contribution in [3.8, 4) is 5.75 Å². The Balaban J connectivity index is 1.77. The highest BCUT2D eigenvalue weighted by Gasteiger charge is 2.15. The molecule has 142 valence electrons. The van der Waals surface area contributed by atoms with Gasteiger partial charge in [-0.05, 0) is 48.9 Å². The highest BCUT2D eigenvalue weighted by Crippen LogP contribution is 2.13. The van der Waals surface area contributed by atoms with Crippen LogP contribution in [-0.2, 0) is 20.8 Å². The first-order chi connectivity index (χ1) is 12.8. The van der Waals surface area contributed by atoms with E-state index in [4.69, 9.17) is 4.74 Å². The Morgan fingerprint density at radius 2 is 1.63 bits per heavy atom. The van der Waals surface area contributed by atoms with Gasteiger partial charge in [-0.3, -0.25) is 25.2 Å². The standard InChI is InChI=1S/C19H20FN3O4/c1-12(27-17-9-5-15(20)6-10-17)19(26)23-22-18(25)11-14-3-7-16(8-4-14)21-13(2)24/h3-10,12H,11H2,1-2H3,(H,21,24)(H,22,25)(H,23,26)/t12-/m0/s1. The van der Waals surface area contributed by atoms with Crippen molar-refractivity contribution < 1.29 is 23.5 Å². The number of nitrogens with one attached hydrogen (secondary N) is 3. The second-order valence-electron chi connectivity index (χ2n) is 5.81. The molecule has 3 N–H and O–H groups in total. The Bertz CT molecular complexity index is 807. The van der Waals surface area contributed by atoms with Crippen LogP contribution in [0.4, 0.5) is 10.1 Å². The van der Waals surface area contributed by atoms with Crippen LogP contribution in [0, 0.1) is 5.82 Å². The summed E-state index contributed by atoms with van der Waals surface area (Å²) in [7, 11) is 0. The largest absolute Gasteiger partial charge is 0.481 e. The molecule has 0 heterocycles. The van der Waals surface area contributed by atoms with Crippen LogP contribution in [0.1, 0.15) is 19.4 Å². The van der Waals surface area contributed by atoms with Gasteiger partial charge >= 0.3 is 0 Å². The van der Waals surface area contributed by atoms with Crippen LogP contribution in [-0.4, -0.2) is 23.8 Å². The van der Waals surface area contributed by atoms with Crippen molar-refractivity contribution in [1.82, 2.24) is 10.9 Å². The van der Waals surface area contributed by atoms with Gasteiger partial charge in [0.05, 0.1) is 6.42 Å². The van der Waals surface area contributed by atoms with Crippen molar-refractivity contribution in [1.29, 1.82) is 0 Å². The molecule has 0 aromatic heterocycles. The quantitative estimate of drug-likeness (QED) is 0.674. The smallest absolute Gasteiger partial charge is 0.279 e.